The van der Waals surface area contributed by atoms with E-state index in [4.69, 9.17) is 0 Å². The molecule has 20 heavy (non-hydrogen) atoms. The normalized spacial score (nSPS) is 20.9. The second-order valence-electron chi connectivity index (χ2n) is 6.74. The number of nitrogens with one attached hydrogen (secondary N) is 1. The zero-order valence-corrected chi connectivity index (χ0v) is 14.2. The first kappa shape index (κ1) is 15.9. The lowest BCUT2D eigenvalue weighted by Gasteiger charge is -2.36. The molecule has 1 N–H and O–H groups in total. The van der Waals surface area contributed by atoms with Gasteiger partial charge in [0.25, 0.3) is 0 Å². The number of hydrogen-bond acceptors (Lipinski definition) is 2. The highest BCUT2D eigenvalue weighted by Gasteiger charge is 2.34. The summed E-state index contributed by atoms with van der Waals surface area (Å²) in [5.41, 5.74) is 1.97. The Bertz CT molecular complexity index is 429. The van der Waals surface area contributed by atoms with Crippen molar-refractivity contribution < 1.29 is 0 Å². The van der Waals surface area contributed by atoms with Crippen LogP contribution < -0.4 is 5.32 Å². The van der Waals surface area contributed by atoms with E-state index in [9.17, 15) is 0 Å². The highest BCUT2D eigenvalue weighted by molar-refractivity contribution is 7.99. The summed E-state index contributed by atoms with van der Waals surface area (Å²) in [7, 11) is 0. The standard InChI is InChI=1S/C18H29NS/c1-5-10-19-13-18(4,14(2)3)11-15-12-20-17-9-7-6-8-16(15)17/h6-9,14-15,19H,5,10-13H2,1-4H3. The van der Waals surface area contributed by atoms with Gasteiger partial charge in [-0.25, -0.2) is 0 Å². The van der Waals surface area contributed by atoms with Crippen LogP contribution in [0, 0.1) is 11.3 Å². The van der Waals surface area contributed by atoms with Gasteiger partial charge in [-0.2, -0.15) is 0 Å². The Morgan fingerprint density at radius 3 is 2.80 bits per heavy atom. The van der Waals surface area contributed by atoms with Gasteiger partial charge in [0.1, 0.15) is 0 Å². The number of benzene rings is 1. The average molecular weight is 292 g/mol. The molecule has 1 aromatic rings. The van der Waals surface area contributed by atoms with Crippen LogP contribution in [0.25, 0.3) is 0 Å². The van der Waals surface area contributed by atoms with Gasteiger partial charge in [-0.1, -0.05) is 45.9 Å². The van der Waals surface area contributed by atoms with Crippen molar-refractivity contribution in [1.82, 2.24) is 5.32 Å². The van der Waals surface area contributed by atoms with Crippen LogP contribution in [0.3, 0.4) is 0 Å². The van der Waals surface area contributed by atoms with Gasteiger partial charge in [-0.05, 0) is 48.3 Å². The van der Waals surface area contributed by atoms with Crippen molar-refractivity contribution >= 4 is 11.8 Å². The summed E-state index contributed by atoms with van der Waals surface area (Å²) in [5.74, 6) is 2.70. The van der Waals surface area contributed by atoms with E-state index in [-0.39, 0.29) is 0 Å². The molecular weight excluding hydrogens is 262 g/mol. The molecule has 0 saturated heterocycles. The van der Waals surface area contributed by atoms with Crippen molar-refractivity contribution in [3.8, 4) is 0 Å². The molecule has 0 radical (unpaired) electrons. The van der Waals surface area contributed by atoms with Crippen LogP contribution in [0.1, 0.15) is 52.0 Å². The zero-order chi connectivity index (χ0) is 14.6. The second kappa shape index (κ2) is 7.00. The molecule has 112 valence electrons. The highest BCUT2D eigenvalue weighted by Crippen LogP contribution is 2.46. The maximum absolute atomic E-state index is 3.65. The summed E-state index contributed by atoms with van der Waals surface area (Å²) < 4.78 is 0. The van der Waals surface area contributed by atoms with E-state index >= 15 is 0 Å². The lowest BCUT2D eigenvalue weighted by molar-refractivity contribution is 0.180. The molecule has 0 spiro atoms. The third-order valence-electron chi connectivity index (χ3n) is 4.86. The molecular formula is C18H29NS. The molecule has 1 aliphatic heterocycles. The van der Waals surface area contributed by atoms with E-state index in [0.29, 0.717) is 11.3 Å². The van der Waals surface area contributed by atoms with Crippen molar-refractivity contribution in [1.29, 1.82) is 0 Å². The smallest absolute Gasteiger partial charge is 0.0107 e. The lowest BCUT2D eigenvalue weighted by atomic mass is 9.71. The molecule has 0 amide bonds. The number of rotatable bonds is 7. The summed E-state index contributed by atoms with van der Waals surface area (Å²) in [6, 6.07) is 8.97. The molecule has 2 heteroatoms. The third kappa shape index (κ3) is 3.59. The van der Waals surface area contributed by atoms with E-state index in [1.807, 2.05) is 11.8 Å². The second-order valence-corrected chi connectivity index (χ2v) is 7.80. The molecule has 1 nitrogen and oxygen atoms in total. The molecule has 2 unspecified atom stereocenters. The minimum Gasteiger partial charge on any atom is -0.316 e. The van der Waals surface area contributed by atoms with Crippen LogP contribution in [0.5, 0.6) is 0 Å². The molecule has 1 aromatic carbocycles. The van der Waals surface area contributed by atoms with Gasteiger partial charge < -0.3 is 5.32 Å². The van der Waals surface area contributed by atoms with E-state index in [2.05, 4.69) is 57.3 Å². The van der Waals surface area contributed by atoms with Crippen molar-refractivity contribution in [3.63, 3.8) is 0 Å². The molecule has 1 heterocycles. The quantitative estimate of drug-likeness (QED) is 0.715. The molecule has 2 rings (SSSR count). The van der Waals surface area contributed by atoms with Crippen molar-refractivity contribution in [2.75, 3.05) is 18.8 Å². The first-order valence-electron chi connectivity index (χ1n) is 7.99. The monoisotopic (exact) mass is 291 g/mol. The Morgan fingerprint density at radius 1 is 1.35 bits per heavy atom. The third-order valence-corrected chi connectivity index (χ3v) is 6.11. The van der Waals surface area contributed by atoms with Gasteiger partial charge in [0.2, 0.25) is 0 Å². The summed E-state index contributed by atoms with van der Waals surface area (Å²) in [5, 5.41) is 3.65. The molecule has 0 aromatic heterocycles. The van der Waals surface area contributed by atoms with E-state index < -0.39 is 0 Å². The topological polar surface area (TPSA) is 12.0 Å². The first-order chi connectivity index (χ1) is 9.57. The van der Waals surface area contributed by atoms with Crippen LogP contribution in [-0.4, -0.2) is 18.8 Å². The minimum atomic E-state index is 0.387. The fourth-order valence-electron chi connectivity index (χ4n) is 3.02. The van der Waals surface area contributed by atoms with Gasteiger partial charge in [-0.15, -0.1) is 11.8 Å². The minimum absolute atomic E-state index is 0.387. The first-order valence-corrected chi connectivity index (χ1v) is 8.98. The predicted molar refractivity (Wildman–Crippen MR) is 90.6 cm³/mol. The Morgan fingerprint density at radius 2 is 2.10 bits per heavy atom. The Balaban J connectivity index is 2.06. The van der Waals surface area contributed by atoms with Gasteiger partial charge in [0.15, 0.2) is 0 Å². The zero-order valence-electron chi connectivity index (χ0n) is 13.4. The Kier molecular flexibility index (Phi) is 5.57. The lowest BCUT2D eigenvalue weighted by Crippen LogP contribution is -2.37. The number of fused-ring (bicyclic) bond motifs is 1. The summed E-state index contributed by atoms with van der Waals surface area (Å²) in [6.07, 6.45) is 2.52. The van der Waals surface area contributed by atoms with Crippen LogP contribution in [0.2, 0.25) is 0 Å². The number of thioether (sulfide) groups is 1. The fraction of sp³-hybridized carbons (Fsp3) is 0.667. The van der Waals surface area contributed by atoms with Crippen molar-refractivity contribution in [2.45, 2.75) is 51.3 Å². The predicted octanol–water partition coefficient (Wildman–Crippen LogP) is 4.93. The SMILES string of the molecule is CCCNCC(C)(CC1CSc2ccccc21)C(C)C. The van der Waals surface area contributed by atoms with Gasteiger partial charge in [-0.3, -0.25) is 0 Å². The summed E-state index contributed by atoms with van der Waals surface area (Å²) in [6.45, 7) is 11.7. The highest BCUT2D eigenvalue weighted by atomic mass is 32.2. The van der Waals surface area contributed by atoms with E-state index in [1.54, 1.807) is 5.56 Å². The average Bonchev–Trinajstić information content (AvgIpc) is 2.82. The summed E-state index contributed by atoms with van der Waals surface area (Å²) >= 11 is 2.04. The van der Waals surface area contributed by atoms with Gasteiger partial charge >= 0.3 is 0 Å². The van der Waals surface area contributed by atoms with Gasteiger partial charge in [0.05, 0.1) is 0 Å². The molecule has 0 fully saturated rings. The van der Waals surface area contributed by atoms with E-state index in [1.165, 1.54) is 23.5 Å². The fourth-order valence-corrected chi connectivity index (χ4v) is 4.28. The van der Waals surface area contributed by atoms with Crippen LogP contribution in [0.4, 0.5) is 0 Å². The maximum Gasteiger partial charge on any atom is 0.0107 e. The molecule has 0 aliphatic carbocycles. The Labute approximate surface area is 128 Å². The molecule has 1 aliphatic rings. The van der Waals surface area contributed by atoms with Crippen molar-refractivity contribution in [2.24, 2.45) is 11.3 Å². The van der Waals surface area contributed by atoms with Crippen LogP contribution >= 0.6 is 11.8 Å². The Hall–Kier alpha value is -0.470. The van der Waals surface area contributed by atoms with Crippen molar-refractivity contribution in [3.05, 3.63) is 29.8 Å². The number of hydrogen-bond donors (Lipinski definition) is 1. The summed E-state index contributed by atoms with van der Waals surface area (Å²) in [4.78, 5) is 1.50. The molecule has 0 saturated carbocycles. The van der Waals surface area contributed by atoms with Gasteiger partial charge in [0, 0.05) is 17.2 Å². The largest absolute Gasteiger partial charge is 0.316 e. The molecule has 0 bridgehead atoms. The van der Waals surface area contributed by atoms with Crippen LogP contribution in [-0.2, 0) is 0 Å². The van der Waals surface area contributed by atoms with E-state index in [0.717, 1.165) is 19.0 Å². The van der Waals surface area contributed by atoms with Crippen LogP contribution in [0.15, 0.2) is 29.2 Å². The molecule has 2 atom stereocenters. The maximum atomic E-state index is 3.65.